The van der Waals surface area contributed by atoms with E-state index in [2.05, 4.69) is 166 Å². The molecule has 0 radical (unpaired) electrons. The third kappa shape index (κ3) is 22.6. The summed E-state index contributed by atoms with van der Waals surface area (Å²) >= 11 is 0. The zero-order valence-electron chi connectivity index (χ0n) is 58.7. The van der Waals surface area contributed by atoms with Crippen LogP contribution in [0, 0.1) is 166 Å². The second-order valence-corrected chi connectivity index (χ2v) is 33.8. The van der Waals surface area contributed by atoms with Crippen LogP contribution in [-0.2, 0) is 4.74 Å². The van der Waals surface area contributed by atoms with Crippen molar-refractivity contribution in [1.82, 2.24) is 0 Å². The highest BCUT2D eigenvalue weighted by Crippen LogP contribution is 2.48. The lowest BCUT2D eigenvalue weighted by Crippen LogP contribution is -2.39. The monoisotopic (exact) mass is 1100 g/mol. The van der Waals surface area contributed by atoms with Crippen LogP contribution in [0.5, 0.6) is 0 Å². The van der Waals surface area contributed by atoms with Crippen LogP contribution in [0.25, 0.3) is 0 Å². The minimum absolute atomic E-state index is 0.562. The first-order chi connectivity index (χ1) is 37.1. The van der Waals surface area contributed by atoms with Crippen molar-refractivity contribution in [2.75, 3.05) is 0 Å². The van der Waals surface area contributed by atoms with E-state index in [1.54, 1.807) is 6.42 Å². The van der Waals surface area contributed by atoms with Crippen molar-refractivity contribution in [1.29, 1.82) is 0 Å². The predicted octanol–water partition coefficient (Wildman–Crippen LogP) is 24.9. The lowest BCUT2D eigenvalue weighted by atomic mass is 9.60. The molecule has 0 aromatic carbocycles. The maximum absolute atomic E-state index is 6.37. The topological polar surface area (TPSA) is 9.23 Å². The molecule has 1 heteroatoms. The fourth-order valence-electron chi connectivity index (χ4n) is 18.4. The van der Waals surface area contributed by atoms with Gasteiger partial charge in [-0.05, 0) is 268 Å². The molecule has 0 aliphatic heterocycles. The summed E-state index contributed by atoms with van der Waals surface area (Å²) in [5.74, 6) is 27.4. The van der Waals surface area contributed by atoms with Gasteiger partial charge in [0, 0.05) is 0 Å². The molecule has 468 valence electrons. The summed E-state index contributed by atoms with van der Waals surface area (Å²) in [5, 5.41) is 0. The Morgan fingerprint density at radius 3 is 0.797 bits per heavy atom. The summed E-state index contributed by atoms with van der Waals surface area (Å²) in [5.41, 5.74) is 0. The maximum atomic E-state index is 6.37. The van der Waals surface area contributed by atoms with Crippen LogP contribution in [-0.4, -0.2) is 12.2 Å². The molecule has 0 saturated heterocycles. The van der Waals surface area contributed by atoms with Crippen LogP contribution in [0.2, 0.25) is 0 Å². The van der Waals surface area contributed by atoms with Gasteiger partial charge in [0.1, 0.15) is 0 Å². The first-order valence-electron chi connectivity index (χ1n) is 36.8. The fourth-order valence-corrected chi connectivity index (χ4v) is 18.4. The van der Waals surface area contributed by atoms with Gasteiger partial charge >= 0.3 is 0 Å². The molecular formula is C78H150O. The molecular weight excluding hydrogens is 953 g/mol. The Hall–Kier alpha value is -0.0400. The summed E-state index contributed by atoms with van der Waals surface area (Å²) in [6.45, 7) is 57.9. The second kappa shape index (κ2) is 34.9. The van der Waals surface area contributed by atoms with Gasteiger partial charge < -0.3 is 4.74 Å². The largest absolute Gasteiger partial charge is 0.375 e. The second-order valence-electron chi connectivity index (χ2n) is 33.8. The normalized spacial score (nSPS) is 48.9. The maximum Gasteiger partial charge on any atom is 0.0581 e. The van der Waals surface area contributed by atoms with Gasteiger partial charge in [0.2, 0.25) is 0 Å². The minimum Gasteiger partial charge on any atom is -0.375 e. The average Bonchev–Trinajstić information content (AvgIpc) is 3.65. The molecule has 9 aliphatic rings. The number of hydrogen-bond acceptors (Lipinski definition) is 1. The zero-order valence-corrected chi connectivity index (χ0v) is 58.7. The van der Waals surface area contributed by atoms with Crippen molar-refractivity contribution < 1.29 is 4.74 Å². The van der Waals surface area contributed by atoms with E-state index in [9.17, 15) is 0 Å². The first kappa shape index (κ1) is 71.4. The standard InChI is InChI=1S/C17H32.C16H30O.C16H30.C11H22.C10H20.C8H16/c1-12-5-7-16(9-14(12)3)11-17-8-6-13(2)15(4)10-17;1-11-5-7-15(9-13(11)3)17-16-8-6-12(2)14(4)10-16;1-11-5-7-15(9-13(11)3)16-8-6-12(2)14(4)10-16;1-5-6-11-9(3)7-8(2)10(11)4;1-7-5-9(3)10(4)6-8(7)2;1-5-6(2)8(4)7(5)3/h12-17H,5-11H2,1-4H3;11-16H,5-10H2,1-4H3;11-16H,5-10H2,1-4H3;8-11H,5-7H2,1-4H3;7-10H,5-6H2,1-4H3;5-8H,1-4H3. The van der Waals surface area contributed by atoms with Gasteiger partial charge in [0.05, 0.1) is 12.2 Å². The molecule has 0 N–H and O–H groups in total. The van der Waals surface area contributed by atoms with Crippen molar-refractivity contribution in [2.45, 2.75) is 332 Å². The highest BCUT2D eigenvalue weighted by Gasteiger charge is 2.39. The Labute approximate surface area is 500 Å². The number of hydrogen-bond donors (Lipinski definition) is 0. The molecule has 0 amide bonds. The highest BCUT2D eigenvalue weighted by atomic mass is 16.5. The summed E-state index contributed by atoms with van der Waals surface area (Å²) < 4.78 is 6.37. The lowest BCUT2D eigenvalue weighted by molar-refractivity contribution is -0.0731. The van der Waals surface area contributed by atoms with Gasteiger partial charge in [0.15, 0.2) is 0 Å². The molecule has 26 unspecified atom stereocenters. The van der Waals surface area contributed by atoms with Gasteiger partial charge in [-0.15, -0.1) is 0 Å². The Morgan fingerprint density at radius 1 is 0.241 bits per heavy atom. The SMILES string of the molecule is CC1C(C)C(C)C1C.CC1CC(C)C(C)CC1C.CC1CCC(C2CCC(C)C(C)C2)CC1C.CC1CCC(CC2CCC(C)C(C)C2)CC1C.CC1CCC(OC2CCC(C)C(C)C2)CC1C.CCCC1C(C)CC(C)C1C. The molecule has 9 saturated carbocycles. The van der Waals surface area contributed by atoms with Crippen molar-refractivity contribution in [3.8, 4) is 0 Å². The molecule has 9 rings (SSSR count). The third-order valence-corrected chi connectivity index (χ3v) is 27.9. The Balaban J connectivity index is 0.000000208. The minimum atomic E-state index is 0.562. The van der Waals surface area contributed by atoms with Gasteiger partial charge in [-0.1, -0.05) is 218 Å². The zero-order chi connectivity index (χ0) is 59.0. The Morgan fingerprint density at radius 2 is 0.519 bits per heavy atom. The number of ether oxygens (including phenoxy) is 1. The van der Waals surface area contributed by atoms with Gasteiger partial charge in [-0.3, -0.25) is 0 Å². The van der Waals surface area contributed by atoms with Crippen molar-refractivity contribution in [3.63, 3.8) is 0 Å². The molecule has 0 spiro atoms. The highest BCUT2D eigenvalue weighted by molar-refractivity contribution is 4.89. The van der Waals surface area contributed by atoms with Crippen LogP contribution >= 0.6 is 0 Å². The Kier molecular flexibility index (Phi) is 31.6. The molecule has 79 heavy (non-hydrogen) atoms. The van der Waals surface area contributed by atoms with Crippen LogP contribution in [0.4, 0.5) is 0 Å². The molecule has 9 fully saturated rings. The van der Waals surface area contributed by atoms with E-state index >= 15 is 0 Å². The average molecular weight is 1100 g/mol. The molecule has 0 aromatic heterocycles. The summed E-state index contributed by atoms with van der Waals surface area (Å²) in [7, 11) is 0. The van der Waals surface area contributed by atoms with Crippen LogP contribution in [0.15, 0.2) is 0 Å². The summed E-state index contributed by atoms with van der Waals surface area (Å²) in [6.07, 6.45) is 35.9. The molecule has 0 aromatic rings. The van der Waals surface area contributed by atoms with Gasteiger partial charge in [0.25, 0.3) is 0 Å². The van der Waals surface area contributed by atoms with Gasteiger partial charge in [-0.2, -0.15) is 0 Å². The predicted molar refractivity (Wildman–Crippen MR) is 353 cm³/mol. The fraction of sp³-hybridized carbons (Fsp3) is 1.00. The lowest BCUT2D eigenvalue weighted by Gasteiger charge is -2.45. The molecule has 9 aliphatic carbocycles. The van der Waals surface area contributed by atoms with E-state index in [0.29, 0.717) is 12.2 Å². The van der Waals surface area contributed by atoms with E-state index in [1.165, 1.54) is 148 Å². The Bertz CT molecular complexity index is 1400. The third-order valence-electron chi connectivity index (χ3n) is 27.9. The van der Waals surface area contributed by atoms with E-state index in [-0.39, 0.29) is 0 Å². The number of rotatable bonds is 7. The van der Waals surface area contributed by atoms with Crippen LogP contribution in [0.1, 0.15) is 320 Å². The first-order valence-corrected chi connectivity index (χ1v) is 36.8. The summed E-state index contributed by atoms with van der Waals surface area (Å²) in [6, 6.07) is 0. The van der Waals surface area contributed by atoms with Crippen LogP contribution < -0.4 is 0 Å². The summed E-state index contributed by atoms with van der Waals surface area (Å²) in [4.78, 5) is 0. The quantitative estimate of drug-likeness (QED) is 0.247. The van der Waals surface area contributed by atoms with Crippen molar-refractivity contribution >= 4 is 0 Å². The molecule has 0 bridgehead atoms. The van der Waals surface area contributed by atoms with E-state index in [0.717, 1.165) is 166 Å². The van der Waals surface area contributed by atoms with E-state index in [4.69, 9.17) is 4.74 Å². The molecule has 26 atom stereocenters. The smallest absolute Gasteiger partial charge is 0.0581 e. The van der Waals surface area contributed by atoms with Gasteiger partial charge in [-0.25, -0.2) is 0 Å². The van der Waals surface area contributed by atoms with Crippen LogP contribution in [0.3, 0.4) is 0 Å². The van der Waals surface area contributed by atoms with Crippen molar-refractivity contribution in [2.24, 2.45) is 166 Å². The van der Waals surface area contributed by atoms with E-state index in [1.807, 2.05) is 0 Å². The molecule has 0 heterocycles. The molecule has 1 nitrogen and oxygen atoms in total. The van der Waals surface area contributed by atoms with E-state index < -0.39 is 0 Å². The van der Waals surface area contributed by atoms with Crippen molar-refractivity contribution in [3.05, 3.63) is 0 Å².